The van der Waals surface area contributed by atoms with Gasteiger partial charge in [0.2, 0.25) is 0 Å². The van der Waals surface area contributed by atoms with Crippen molar-refractivity contribution in [3.8, 4) is 0 Å². The average Bonchev–Trinajstić information content (AvgIpc) is 2.49. The molecule has 0 atom stereocenters. The standard InChI is InChI=1S/C10H12O2S/c1-3-12-10(11)5-4-9-6-8(2)7-13-9/h4-7H,3H2,1-2H3. The van der Waals surface area contributed by atoms with Crippen molar-refractivity contribution in [3.05, 3.63) is 28.0 Å². The van der Waals surface area contributed by atoms with E-state index >= 15 is 0 Å². The zero-order valence-corrected chi connectivity index (χ0v) is 8.56. The van der Waals surface area contributed by atoms with Crippen molar-refractivity contribution in [1.82, 2.24) is 0 Å². The van der Waals surface area contributed by atoms with Crippen LogP contribution in [0, 0.1) is 6.92 Å². The summed E-state index contributed by atoms with van der Waals surface area (Å²) in [6, 6.07) is 2.03. The second kappa shape index (κ2) is 4.82. The fourth-order valence-electron chi connectivity index (χ4n) is 0.881. The molecule has 0 unspecified atom stereocenters. The van der Waals surface area contributed by atoms with Gasteiger partial charge in [-0.25, -0.2) is 4.79 Å². The van der Waals surface area contributed by atoms with Crippen molar-refractivity contribution in [2.75, 3.05) is 6.61 Å². The molecule has 0 aliphatic carbocycles. The molecule has 0 saturated carbocycles. The van der Waals surface area contributed by atoms with E-state index in [9.17, 15) is 4.79 Å². The Balaban J connectivity index is 2.53. The molecule has 0 aliphatic rings. The van der Waals surface area contributed by atoms with Crippen LogP contribution in [0.3, 0.4) is 0 Å². The third kappa shape index (κ3) is 3.42. The van der Waals surface area contributed by atoms with Crippen molar-refractivity contribution in [2.45, 2.75) is 13.8 Å². The highest BCUT2D eigenvalue weighted by molar-refractivity contribution is 7.11. The Bertz CT molecular complexity index is 312. The fourth-order valence-corrected chi connectivity index (χ4v) is 1.67. The topological polar surface area (TPSA) is 26.3 Å². The Morgan fingerprint density at radius 3 is 3.00 bits per heavy atom. The maximum absolute atomic E-state index is 10.9. The first-order chi connectivity index (χ1) is 6.22. The van der Waals surface area contributed by atoms with Crippen LogP contribution < -0.4 is 0 Å². The van der Waals surface area contributed by atoms with Gasteiger partial charge in [-0.05, 0) is 36.9 Å². The summed E-state index contributed by atoms with van der Waals surface area (Å²) in [6.07, 6.45) is 3.23. The van der Waals surface area contributed by atoms with Gasteiger partial charge in [0, 0.05) is 11.0 Å². The molecular weight excluding hydrogens is 184 g/mol. The van der Waals surface area contributed by atoms with Crippen LogP contribution in [0.5, 0.6) is 0 Å². The summed E-state index contributed by atoms with van der Waals surface area (Å²) in [5.74, 6) is -0.284. The molecule has 1 rings (SSSR count). The number of rotatable bonds is 3. The van der Waals surface area contributed by atoms with E-state index in [0.717, 1.165) is 4.88 Å². The van der Waals surface area contributed by atoms with Gasteiger partial charge in [-0.15, -0.1) is 11.3 Å². The molecule has 0 spiro atoms. The van der Waals surface area contributed by atoms with E-state index in [0.29, 0.717) is 6.61 Å². The largest absolute Gasteiger partial charge is 0.463 e. The number of thiophene rings is 1. The van der Waals surface area contributed by atoms with E-state index in [1.54, 1.807) is 24.3 Å². The predicted molar refractivity (Wildman–Crippen MR) is 54.7 cm³/mol. The number of carbonyl (C=O) groups is 1. The molecule has 1 aromatic heterocycles. The van der Waals surface area contributed by atoms with E-state index in [-0.39, 0.29) is 5.97 Å². The van der Waals surface area contributed by atoms with Crippen LogP contribution in [0.2, 0.25) is 0 Å². The highest BCUT2D eigenvalue weighted by Gasteiger charge is 1.95. The van der Waals surface area contributed by atoms with Gasteiger partial charge in [0.1, 0.15) is 0 Å². The molecule has 0 bridgehead atoms. The molecule has 13 heavy (non-hydrogen) atoms. The van der Waals surface area contributed by atoms with Gasteiger partial charge in [-0.2, -0.15) is 0 Å². The summed E-state index contributed by atoms with van der Waals surface area (Å²) in [5, 5.41) is 2.05. The van der Waals surface area contributed by atoms with E-state index in [4.69, 9.17) is 4.74 Å². The van der Waals surface area contributed by atoms with E-state index in [1.807, 2.05) is 18.4 Å². The van der Waals surface area contributed by atoms with Gasteiger partial charge in [0.05, 0.1) is 6.61 Å². The van der Waals surface area contributed by atoms with E-state index < -0.39 is 0 Å². The van der Waals surface area contributed by atoms with Gasteiger partial charge < -0.3 is 4.74 Å². The second-order valence-corrected chi connectivity index (χ2v) is 3.55. The van der Waals surface area contributed by atoms with Gasteiger partial charge >= 0.3 is 5.97 Å². The number of hydrogen-bond acceptors (Lipinski definition) is 3. The van der Waals surface area contributed by atoms with Crippen LogP contribution in [0.25, 0.3) is 6.08 Å². The first kappa shape index (κ1) is 9.99. The molecule has 0 N–H and O–H groups in total. The molecule has 2 nitrogen and oxygen atoms in total. The summed E-state index contributed by atoms with van der Waals surface area (Å²) in [4.78, 5) is 12.0. The number of hydrogen-bond donors (Lipinski definition) is 0. The lowest BCUT2D eigenvalue weighted by Gasteiger charge is -1.93. The molecular formula is C10H12O2S. The predicted octanol–water partition coefficient (Wildman–Crippen LogP) is 2.63. The van der Waals surface area contributed by atoms with Crippen LogP contribution in [0.15, 0.2) is 17.5 Å². The second-order valence-electron chi connectivity index (χ2n) is 2.61. The smallest absolute Gasteiger partial charge is 0.330 e. The van der Waals surface area contributed by atoms with Crippen LogP contribution in [-0.2, 0) is 9.53 Å². The molecule has 70 valence electrons. The Morgan fingerprint density at radius 2 is 2.46 bits per heavy atom. The van der Waals surface area contributed by atoms with Gasteiger partial charge in [-0.3, -0.25) is 0 Å². The van der Waals surface area contributed by atoms with Crippen LogP contribution in [0.1, 0.15) is 17.4 Å². The minimum atomic E-state index is -0.284. The molecule has 3 heteroatoms. The van der Waals surface area contributed by atoms with Crippen LogP contribution >= 0.6 is 11.3 Å². The van der Waals surface area contributed by atoms with Crippen molar-refractivity contribution < 1.29 is 9.53 Å². The third-order valence-corrected chi connectivity index (χ3v) is 2.44. The van der Waals surface area contributed by atoms with Crippen molar-refractivity contribution in [2.24, 2.45) is 0 Å². The maximum Gasteiger partial charge on any atom is 0.330 e. The first-order valence-electron chi connectivity index (χ1n) is 4.12. The summed E-state index contributed by atoms with van der Waals surface area (Å²) >= 11 is 1.62. The molecule has 1 heterocycles. The monoisotopic (exact) mass is 196 g/mol. The summed E-state index contributed by atoms with van der Waals surface area (Å²) in [6.45, 7) is 4.24. The van der Waals surface area contributed by atoms with E-state index in [1.165, 1.54) is 11.6 Å². The molecule has 0 amide bonds. The van der Waals surface area contributed by atoms with Crippen molar-refractivity contribution in [3.63, 3.8) is 0 Å². The van der Waals surface area contributed by atoms with Gasteiger partial charge in [-0.1, -0.05) is 0 Å². The minimum Gasteiger partial charge on any atom is -0.463 e. The Labute approximate surface area is 81.8 Å². The molecule has 0 saturated heterocycles. The Hall–Kier alpha value is -1.09. The SMILES string of the molecule is CCOC(=O)C=Cc1cc(C)cs1. The third-order valence-electron chi connectivity index (χ3n) is 1.42. The number of aryl methyl sites for hydroxylation is 1. The zero-order chi connectivity index (χ0) is 9.68. The van der Waals surface area contributed by atoms with Crippen molar-refractivity contribution >= 4 is 23.4 Å². The molecule has 0 aromatic carbocycles. The molecule has 1 aromatic rings. The number of ether oxygens (including phenoxy) is 1. The highest BCUT2D eigenvalue weighted by atomic mass is 32.1. The minimum absolute atomic E-state index is 0.284. The lowest BCUT2D eigenvalue weighted by molar-refractivity contribution is -0.137. The first-order valence-corrected chi connectivity index (χ1v) is 5.00. The highest BCUT2D eigenvalue weighted by Crippen LogP contribution is 2.14. The van der Waals surface area contributed by atoms with Crippen LogP contribution in [0.4, 0.5) is 0 Å². The Kier molecular flexibility index (Phi) is 3.71. The number of carbonyl (C=O) groups excluding carboxylic acids is 1. The van der Waals surface area contributed by atoms with Crippen LogP contribution in [-0.4, -0.2) is 12.6 Å². The quantitative estimate of drug-likeness (QED) is 0.548. The fraction of sp³-hybridized carbons (Fsp3) is 0.300. The molecule has 0 aliphatic heterocycles. The zero-order valence-electron chi connectivity index (χ0n) is 7.74. The number of esters is 1. The lowest BCUT2D eigenvalue weighted by Crippen LogP contribution is -1.98. The lowest BCUT2D eigenvalue weighted by atomic mass is 10.3. The summed E-state index contributed by atoms with van der Waals surface area (Å²) in [7, 11) is 0. The average molecular weight is 196 g/mol. The normalized spacial score (nSPS) is 10.6. The van der Waals surface area contributed by atoms with Crippen molar-refractivity contribution in [1.29, 1.82) is 0 Å². The van der Waals surface area contributed by atoms with Gasteiger partial charge in [0.25, 0.3) is 0 Å². The summed E-state index contributed by atoms with van der Waals surface area (Å²) < 4.78 is 4.75. The molecule has 0 radical (unpaired) electrons. The summed E-state index contributed by atoms with van der Waals surface area (Å²) in [5.41, 5.74) is 1.22. The molecule has 0 fully saturated rings. The van der Waals surface area contributed by atoms with E-state index in [2.05, 4.69) is 0 Å². The maximum atomic E-state index is 10.9. The van der Waals surface area contributed by atoms with Gasteiger partial charge in [0.15, 0.2) is 0 Å². The Morgan fingerprint density at radius 1 is 1.69 bits per heavy atom.